The molecule has 2 aromatic carbocycles. The predicted molar refractivity (Wildman–Crippen MR) is 121 cm³/mol. The highest BCUT2D eigenvalue weighted by Gasteiger charge is 2.29. The summed E-state index contributed by atoms with van der Waals surface area (Å²) in [5.74, 6) is 2.53. The minimum atomic E-state index is -0.558. The molecule has 7 nitrogen and oxygen atoms in total. The number of thioether (sulfide) groups is 1. The van der Waals surface area contributed by atoms with Gasteiger partial charge in [-0.15, -0.1) is 10.2 Å². The average Bonchev–Trinajstić information content (AvgIpc) is 2.90. The molecule has 0 radical (unpaired) electrons. The highest BCUT2D eigenvalue weighted by Crippen LogP contribution is 2.43. The molecule has 0 unspecified atom stereocenters. The van der Waals surface area contributed by atoms with Gasteiger partial charge < -0.3 is 19.5 Å². The molecular weight excluding hydrogens is 468 g/mol. The molecule has 1 N–H and O–H groups in total. The van der Waals surface area contributed by atoms with Gasteiger partial charge in [-0.05, 0) is 43.0 Å². The van der Waals surface area contributed by atoms with Crippen LogP contribution in [0.15, 0.2) is 46.0 Å². The van der Waals surface area contributed by atoms with Crippen LogP contribution in [-0.2, 0) is 0 Å². The van der Waals surface area contributed by atoms with Crippen molar-refractivity contribution in [3.05, 3.63) is 46.4 Å². The van der Waals surface area contributed by atoms with E-state index in [-0.39, 0.29) is 0 Å². The van der Waals surface area contributed by atoms with Gasteiger partial charge in [-0.1, -0.05) is 40.7 Å². The van der Waals surface area contributed by atoms with Crippen LogP contribution in [0.2, 0.25) is 0 Å². The number of fused-ring (bicyclic) bond motifs is 3. The van der Waals surface area contributed by atoms with Crippen molar-refractivity contribution in [2.24, 2.45) is 0 Å². The van der Waals surface area contributed by atoms with E-state index in [0.29, 0.717) is 34.8 Å². The first-order chi connectivity index (χ1) is 14.6. The second-order valence-corrected chi connectivity index (χ2v) is 8.47. The fourth-order valence-corrected chi connectivity index (χ4v) is 4.09. The molecule has 0 saturated heterocycles. The molecule has 1 atom stereocenters. The van der Waals surface area contributed by atoms with Crippen LogP contribution in [0.25, 0.3) is 11.3 Å². The van der Waals surface area contributed by atoms with Gasteiger partial charge in [-0.25, -0.2) is 0 Å². The number of halogens is 1. The number of benzene rings is 2. The van der Waals surface area contributed by atoms with Crippen LogP contribution in [0, 0.1) is 0 Å². The molecule has 0 amide bonds. The van der Waals surface area contributed by atoms with E-state index in [1.54, 1.807) is 7.11 Å². The third-order valence-corrected chi connectivity index (χ3v) is 5.67. The van der Waals surface area contributed by atoms with Crippen LogP contribution in [0.1, 0.15) is 25.6 Å². The van der Waals surface area contributed by atoms with Crippen molar-refractivity contribution >= 4 is 33.4 Å². The van der Waals surface area contributed by atoms with Gasteiger partial charge in [0.1, 0.15) is 0 Å². The molecule has 30 heavy (non-hydrogen) atoms. The molecule has 156 valence electrons. The Labute approximate surface area is 187 Å². The summed E-state index contributed by atoms with van der Waals surface area (Å²) in [6.07, 6.45) is -0.558. The number of ether oxygens (including phenoxy) is 3. The fraction of sp³-hybridized carbons (Fsp3) is 0.286. The molecule has 0 aliphatic carbocycles. The maximum atomic E-state index is 6.34. The van der Waals surface area contributed by atoms with Gasteiger partial charge in [0.2, 0.25) is 17.3 Å². The lowest BCUT2D eigenvalue weighted by atomic mass is 10.1. The van der Waals surface area contributed by atoms with E-state index in [2.05, 4.69) is 36.4 Å². The van der Waals surface area contributed by atoms with Gasteiger partial charge >= 0.3 is 0 Å². The molecule has 1 aromatic heterocycles. The number of rotatable bonds is 6. The molecule has 0 spiro atoms. The minimum Gasteiger partial charge on any atom is -0.492 e. The van der Waals surface area contributed by atoms with E-state index in [1.165, 1.54) is 11.8 Å². The normalized spacial score (nSPS) is 14.6. The van der Waals surface area contributed by atoms with Crippen molar-refractivity contribution in [2.75, 3.05) is 24.8 Å². The van der Waals surface area contributed by atoms with Crippen molar-refractivity contribution in [2.45, 2.75) is 25.2 Å². The Balaban J connectivity index is 1.86. The summed E-state index contributed by atoms with van der Waals surface area (Å²) in [6.45, 7) is 4.51. The molecule has 2 heterocycles. The van der Waals surface area contributed by atoms with Crippen LogP contribution in [0.5, 0.6) is 17.4 Å². The predicted octanol–water partition coefficient (Wildman–Crippen LogP) is 5.32. The largest absolute Gasteiger partial charge is 0.492 e. The lowest BCUT2D eigenvalue weighted by molar-refractivity contribution is 0.217. The van der Waals surface area contributed by atoms with E-state index >= 15 is 0 Å². The summed E-state index contributed by atoms with van der Waals surface area (Å²) in [5.41, 5.74) is 3.10. The van der Waals surface area contributed by atoms with Gasteiger partial charge in [-0.3, -0.25) is 0 Å². The molecule has 0 saturated carbocycles. The van der Waals surface area contributed by atoms with Crippen LogP contribution in [0.3, 0.4) is 0 Å². The van der Waals surface area contributed by atoms with Crippen LogP contribution < -0.4 is 19.5 Å². The smallest absolute Gasteiger partial charge is 0.247 e. The molecular formula is C21H21BrN4O3S. The van der Waals surface area contributed by atoms with Gasteiger partial charge in [0.25, 0.3) is 0 Å². The fourth-order valence-electron chi connectivity index (χ4n) is 3.23. The highest BCUT2D eigenvalue weighted by molar-refractivity contribution is 9.10. The Kier molecular flexibility index (Phi) is 6.29. The standard InChI is InChI=1S/C21H21BrN4O3S/c1-4-28-16-8-6-7-13(18(16)27-3)19-23-15-10-9-12(22)11-14(15)17-20(29-19)24-21(26-25-17)30-5-2/h6-11,19,23H,4-5H2,1-3H3/t19-/m1/s1. The quantitative estimate of drug-likeness (QED) is 0.466. The Morgan fingerprint density at radius 3 is 2.83 bits per heavy atom. The Hall–Kier alpha value is -2.52. The number of aromatic nitrogens is 3. The number of para-hydroxylation sites is 1. The first kappa shape index (κ1) is 20.7. The topological polar surface area (TPSA) is 78.4 Å². The maximum absolute atomic E-state index is 6.34. The molecule has 1 aliphatic rings. The first-order valence-electron chi connectivity index (χ1n) is 9.54. The average molecular weight is 489 g/mol. The monoisotopic (exact) mass is 488 g/mol. The van der Waals surface area contributed by atoms with E-state index < -0.39 is 6.23 Å². The van der Waals surface area contributed by atoms with Gasteiger partial charge in [0, 0.05) is 15.7 Å². The number of nitrogens with zero attached hydrogens (tertiary/aromatic N) is 3. The maximum Gasteiger partial charge on any atom is 0.247 e. The van der Waals surface area contributed by atoms with Gasteiger partial charge in [0.15, 0.2) is 17.2 Å². The molecule has 1 aliphatic heterocycles. The molecule has 0 fully saturated rings. The molecule has 4 rings (SSSR count). The van der Waals surface area contributed by atoms with Crippen LogP contribution >= 0.6 is 27.7 Å². The van der Waals surface area contributed by atoms with E-state index in [1.807, 2.05) is 50.2 Å². The zero-order valence-corrected chi connectivity index (χ0v) is 19.2. The number of anilines is 1. The van der Waals surface area contributed by atoms with Crippen molar-refractivity contribution in [3.63, 3.8) is 0 Å². The Morgan fingerprint density at radius 2 is 2.07 bits per heavy atom. The van der Waals surface area contributed by atoms with Crippen molar-refractivity contribution in [1.29, 1.82) is 0 Å². The number of hydrogen-bond acceptors (Lipinski definition) is 8. The lowest BCUT2D eigenvalue weighted by Crippen LogP contribution is -2.18. The van der Waals surface area contributed by atoms with E-state index in [0.717, 1.165) is 27.0 Å². The molecule has 9 heteroatoms. The summed E-state index contributed by atoms with van der Waals surface area (Å²) >= 11 is 5.05. The zero-order valence-electron chi connectivity index (χ0n) is 16.8. The summed E-state index contributed by atoms with van der Waals surface area (Å²) in [4.78, 5) is 4.62. The number of methoxy groups -OCH3 is 1. The van der Waals surface area contributed by atoms with Crippen molar-refractivity contribution in [1.82, 2.24) is 15.2 Å². The molecule has 0 bridgehead atoms. The lowest BCUT2D eigenvalue weighted by Gasteiger charge is -2.22. The Morgan fingerprint density at radius 1 is 1.20 bits per heavy atom. The van der Waals surface area contributed by atoms with Gasteiger partial charge in [-0.2, -0.15) is 4.98 Å². The zero-order chi connectivity index (χ0) is 21.1. The third kappa shape index (κ3) is 4.04. The summed E-state index contributed by atoms with van der Waals surface area (Å²) in [5, 5.41) is 12.7. The first-order valence-corrected chi connectivity index (χ1v) is 11.3. The SMILES string of the molecule is CCOc1cccc([C@@H]2Nc3ccc(Br)cc3-c3nnc(SCC)nc3O2)c1OC. The second-order valence-electron chi connectivity index (χ2n) is 6.32. The highest BCUT2D eigenvalue weighted by atomic mass is 79.9. The van der Waals surface area contributed by atoms with Crippen molar-refractivity contribution < 1.29 is 14.2 Å². The van der Waals surface area contributed by atoms with Crippen molar-refractivity contribution in [3.8, 4) is 28.6 Å². The summed E-state index contributed by atoms with van der Waals surface area (Å²) in [6, 6.07) is 11.6. The number of nitrogens with one attached hydrogen (secondary N) is 1. The van der Waals surface area contributed by atoms with E-state index in [4.69, 9.17) is 14.2 Å². The summed E-state index contributed by atoms with van der Waals surface area (Å²) in [7, 11) is 1.62. The Bertz CT molecular complexity index is 1070. The van der Waals surface area contributed by atoms with E-state index in [9.17, 15) is 0 Å². The summed E-state index contributed by atoms with van der Waals surface area (Å²) < 4.78 is 18.7. The second kappa shape index (κ2) is 9.09. The van der Waals surface area contributed by atoms with Crippen LogP contribution in [0.4, 0.5) is 5.69 Å². The van der Waals surface area contributed by atoms with Gasteiger partial charge in [0.05, 0.1) is 19.3 Å². The minimum absolute atomic E-state index is 0.416. The third-order valence-electron chi connectivity index (χ3n) is 4.46. The molecule has 3 aromatic rings. The van der Waals surface area contributed by atoms with Crippen LogP contribution in [-0.4, -0.2) is 34.7 Å². The number of hydrogen-bond donors (Lipinski definition) is 1.